The van der Waals surface area contributed by atoms with E-state index in [1.54, 1.807) is 31.4 Å². The zero-order valence-electron chi connectivity index (χ0n) is 17.8. The summed E-state index contributed by atoms with van der Waals surface area (Å²) in [5.74, 6) is 0.768. The molecule has 0 bridgehead atoms. The van der Waals surface area contributed by atoms with Crippen molar-refractivity contribution >= 4 is 29.3 Å². The van der Waals surface area contributed by atoms with Crippen LogP contribution in [0.2, 0.25) is 0 Å². The molecule has 0 radical (unpaired) electrons. The van der Waals surface area contributed by atoms with Crippen LogP contribution in [0, 0.1) is 0 Å². The summed E-state index contributed by atoms with van der Waals surface area (Å²) in [4.78, 5) is 23.7. The minimum Gasteiger partial charge on any atom is -0.497 e. The fourth-order valence-electron chi connectivity index (χ4n) is 3.15. The quantitative estimate of drug-likeness (QED) is 0.388. The van der Waals surface area contributed by atoms with Crippen molar-refractivity contribution in [2.24, 2.45) is 5.73 Å². The second-order valence-electron chi connectivity index (χ2n) is 6.99. The zero-order chi connectivity index (χ0) is 23.2. The number of nitrogens with two attached hydrogens (primary N) is 1. The number of amides is 2. The summed E-state index contributed by atoms with van der Waals surface area (Å²) >= 11 is 1.21. The van der Waals surface area contributed by atoms with E-state index in [1.165, 1.54) is 11.8 Å². The molecule has 8 nitrogen and oxygen atoms in total. The van der Waals surface area contributed by atoms with Crippen molar-refractivity contribution in [1.82, 2.24) is 14.8 Å². The van der Waals surface area contributed by atoms with E-state index in [1.807, 2.05) is 59.2 Å². The van der Waals surface area contributed by atoms with E-state index in [2.05, 4.69) is 15.5 Å². The first-order valence-corrected chi connectivity index (χ1v) is 11.0. The Morgan fingerprint density at radius 2 is 1.67 bits per heavy atom. The number of carbonyl (C=O) groups excluding carboxylic acids is 2. The number of carbonyl (C=O) groups is 2. The second-order valence-corrected chi connectivity index (χ2v) is 7.93. The molecule has 3 aromatic carbocycles. The molecule has 0 atom stereocenters. The Labute approximate surface area is 194 Å². The fraction of sp³-hybridized carbons (Fsp3) is 0.0833. The normalized spacial score (nSPS) is 10.6. The van der Waals surface area contributed by atoms with E-state index < -0.39 is 5.91 Å². The maximum Gasteiger partial charge on any atom is 0.255 e. The summed E-state index contributed by atoms with van der Waals surface area (Å²) in [6, 6.07) is 23.8. The van der Waals surface area contributed by atoms with E-state index in [0.29, 0.717) is 22.2 Å². The molecule has 0 aliphatic carbocycles. The number of primary amides is 1. The number of thioether (sulfide) groups is 1. The zero-order valence-corrected chi connectivity index (χ0v) is 18.6. The summed E-state index contributed by atoms with van der Waals surface area (Å²) in [6.07, 6.45) is 0. The summed E-state index contributed by atoms with van der Waals surface area (Å²) < 4.78 is 7.10. The number of hydrogen-bond acceptors (Lipinski definition) is 6. The molecule has 0 aliphatic heterocycles. The van der Waals surface area contributed by atoms with Crippen LogP contribution in [-0.2, 0) is 4.79 Å². The first-order chi connectivity index (χ1) is 16.0. The number of benzene rings is 3. The van der Waals surface area contributed by atoms with Crippen molar-refractivity contribution in [3.63, 3.8) is 0 Å². The van der Waals surface area contributed by atoms with Gasteiger partial charge >= 0.3 is 0 Å². The number of ether oxygens (including phenoxy) is 1. The van der Waals surface area contributed by atoms with Gasteiger partial charge in [0, 0.05) is 22.5 Å². The molecule has 0 spiro atoms. The summed E-state index contributed by atoms with van der Waals surface area (Å²) in [6.45, 7) is 0. The van der Waals surface area contributed by atoms with Gasteiger partial charge in [0.15, 0.2) is 11.0 Å². The predicted molar refractivity (Wildman–Crippen MR) is 128 cm³/mol. The van der Waals surface area contributed by atoms with Gasteiger partial charge in [-0.15, -0.1) is 10.2 Å². The van der Waals surface area contributed by atoms with Crippen molar-refractivity contribution in [1.29, 1.82) is 0 Å². The first-order valence-electron chi connectivity index (χ1n) is 10.0. The standard InChI is InChI=1S/C24H21N5O3S/c1-32-20-13-11-19(12-14-20)29-22(27-28-24(29)33-15-21(25)30)16-7-9-18(10-8-16)26-23(31)17-5-3-2-4-6-17/h2-14H,15H2,1H3,(H2,25,30)(H,26,31). The summed E-state index contributed by atoms with van der Waals surface area (Å²) in [5, 5.41) is 12.0. The fourth-order valence-corrected chi connectivity index (χ4v) is 3.84. The lowest BCUT2D eigenvalue weighted by Crippen LogP contribution is -2.13. The van der Waals surface area contributed by atoms with Crippen LogP contribution in [0.15, 0.2) is 84.0 Å². The van der Waals surface area contributed by atoms with Crippen LogP contribution in [0.5, 0.6) is 5.75 Å². The highest BCUT2D eigenvalue weighted by molar-refractivity contribution is 7.99. The SMILES string of the molecule is COc1ccc(-n2c(SCC(N)=O)nnc2-c2ccc(NC(=O)c3ccccc3)cc2)cc1. The topological polar surface area (TPSA) is 112 Å². The molecular weight excluding hydrogens is 438 g/mol. The van der Waals surface area contributed by atoms with E-state index in [4.69, 9.17) is 10.5 Å². The molecule has 9 heteroatoms. The molecule has 0 fully saturated rings. The summed E-state index contributed by atoms with van der Waals surface area (Å²) in [7, 11) is 1.60. The van der Waals surface area contributed by atoms with Crippen LogP contribution < -0.4 is 15.8 Å². The average Bonchev–Trinajstić information content (AvgIpc) is 3.27. The third-order valence-electron chi connectivity index (χ3n) is 4.74. The predicted octanol–water partition coefficient (Wildman–Crippen LogP) is 3.77. The molecule has 2 amide bonds. The van der Waals surface area contributed by atoms with Gasteiger partial charge in [0.1, 0.15) is 5.75 Å². The van der Waals surface area contributed by atoms with Crippen LogP contribution in [0.25, 0.3) is 17.1 Å². The second kappa shape index (κ2) is 10.0. The van der Waals surface area contributed by atoms with Gasteiger partial charge in [-0.3, -0.25) is 14.2 Å². The smallest absolute Gasteiger partial charge is 0.255 e. The summed E-state index contributed by atoms with van der Waals surface area (Å²) in [5.41, 5.74) is 8.16. The number of methoxy groups -OCH3 is 1. The first kappa shape index (κ1) is 22.1. The number of nitrogens with zero attached hydrogens (tertiary/aromatic N) is 3. The van der Waals surface area contributed by atoms with E-state index >= 15 is 0 Å². The third-order valence-corrected chi connectivity index (χ3v) is 5.70. The van der Waals surface area contributed by atoms with Crippen molar-refractivity contribution in [3.8, 4) is 22.8 Å². The Morgan fingerprint density at radius 1 is 0.970 bits per heavy atom. The maximum absolute atomic E-state index is 12.4. The highest BCUT2D eigenvalue weighted by Gasteiger charge is 2.17. The lowest BCUT2D eigenvalue weighted by Gasteiger charge is -2.11. The molecule has 1 heterocycles. The molecule has 3 N–H and O–H groups in total. The average molecular weight is 460 g/mol. The van der Waals surface area contributed by atoms with Crippen LogP contribution in [0.4, 0.5) is 5.69 Å². The van der Waals surface area contributed by atoms with Crippen LogP contribution >= 0.6 is 11.8 Å². The number of aromatic nitrogens is 3. The van der Waals surface area contributed by atoms with Gasteiger partial charge in [0.2, 0.25) is 5.91 Å². The van der Waals surface area contributed by atoms with E-state index in [-0.39, 0.29) is 11.7 Å². The van der Waals surface area contributed by atoms with Crippen LogP contribution in [0.1, 0.15) is 10.4 Å². The van der Waals surface area contributed by atoms with Gasteiger partial charge < -0.3 is 15.8 Å². The van der Waals surface area contributed by atoms with Gasteiger partial charge in [-0.05, 0) is 60.7 Å². The molecule has 33 heavy (non-hydrogen) atoms. The highest BCUT2D eigenvalue weighted by Crippen LogP contribution is 2.29. The van der Waals surface area contributed by atoms with Gasteiger partial charge in [0.25, 0.3) is 5.91 Å². The molecule has 4 aromatic rings. The molecule has 0 saturated carbocycles. The van der Waals surface area contributed by atoms with Crippen LogP contribution in [-0.4, -0.2) is 39.4 Å². The number of nitrogens with one attached hydrogen (secondary N) is 1. The highest BCUT2D eigenvalue weighted by atomic mass is 32.2. The molecule has 0 saturated heterocycles. The molecule has 0 aliphatic rings. The number of anilines is 1. The van der Waals surface area contributed by atoms with Crippen LogP contribution in [0.3, 0.4) is 0 Å². The number of hydrogen-bond donors (Lipinski definition) is 2. The van der Waals surface area contributed by atoms with Gasteiger partial charge in [-0.25, -0.2) is 0 Å². The molecular formula is C24H21N5O3S. The molecule has 4 rings (SSSR count). The van der Waals surface area contributed by atoms with Crippen molar-refractivity contribution in [2.45, 2.75) is 5.16 Å². The van der Waals surface area contributed by atoms with Gasteiger partial charge in [0.05, 0.1) is 12.9 Å². The lowest BCUT2D eigenvalue weighted by atomic mass is 10.1. The Kier molecular flexibility index (Phi) is 6.70. The van der Waals surface area contributed by atoms with E-state index in [0.717, 1.165) is 17.0 Å². The monoisotopic (exact) mass is 459 g/mol. The Balaban J connectivity index is 1.63. The Bertz CT molecular complexity index is 1260. The Morgan fingerprint density at radius 3 is 2.30 bits per heavy atom. The van der Waals surface area contributed by atoms with Crippen molar-refractivity contribution in [3.05, 3.63) is 84.4 Å². The minimum absolute atomic E-state index is 0.0821. The lowest BCUT2D eigenvalue weighted by molar-refractivity contribution is -0.115. The van der Waals surface area contributed by atoms with Crippen molar-refractivity contribution in [2.75, 3.05) is 18.2 Å². The Hall–Kier alpha value is -4.11. The van der Waals surface area contributed by atoms with Crippen molar-refractivity contribution < 1.29 is 14.3 Å². The minimum atomic E-state index is -0.440. The van der Waals surface area contributed by atoms with Gasteiger partial charge in [-0.1, -0.05) is 30.0 Å². The molecule has 1 aromatic heterocycles. The molecule has 0 unspecified atom stereocenters. The van der Waals surface area contributed by atoms with E-state index in [9.17, 15) is 9.59 Å². The number of rotatable bonds is 8. The molecule has 166 valence electrons. The third kappa shape index (κ3) is 5.21. The maximum atomic E-state index is 12.4. The van der Waals surface area contributed by atoms with Gasteiger partial charge in [-0.2, -0.15) is 0 Å². The largest absolute Gasteiger partial charge is 0.497 e.